The molecule has 2 aliphatic rings. The lowest BCUT2D eigenvalue weighted by atomic mass is 9.82. The Balaban J connectivity index is 2.01. The van der Waals surface area contributed by atoms with Gasteiger partial charge in [-0.2, -0.15) is 0 Å². The zero-order chi connectivity index (χ0) is 11.6. The van der Waals surface area contributed by atoms with E-state index in [0.717, 1.165) is 37.7 Å². The summed E-state index contributed by atoms with van der Waals surface area (Å²) >= 11 is 3.53. The van der Waals surface area contributed by atoms with E-state index in [0.29, 0.717) is 11.8 Å². The van der Waals surface area contributed by atoms with Gasteiger partial charge in [-0.1, -0.05) is 35.7 Å². The Morgan fingerprint density at radius 3 is 2.62 bits per heavy atom. The van der Waals surface area contributed by atoms with Crippen molar-refractivity contribution < 1.29 is 4.79 Å². The molecular weight excluding hydrogens is 266 g/mol. The van der Waals surface area contributed by atoms with E-state index in [2.05, 4.69) is 27.8 Å². The SMILES string of the molecule is CCC1(C(=O)N2CCC(CBr)C2)CCCC1. The molecular formula is C13H22BrNO. The number of carbonyl (C=O) groups is 1. The molecule has 2 fully saturated rings. The van der Waals surface area contributed by atoms with Crippen LogP contribution in [0.2, 0.25) is 0 Å². The quantitative estimate of drug-likeness (QED) is 0.730. The van der Waals surface area contributed by atoms with E-state index in [1.807, 2.05) is 0 Å². The normalized spacial score (nSPS) is 28.6. The Morgan fingerprint density at radius 1 is 1.44 bits per heavy atom. The van der Waals surface area contributed by atoms with Gasteiger partial charge >= 0.3 is 0 Å². The van der Waals surface area contributed by atoms with Crippen LogP contribution in [0.4, 0.5) is 0 Å². The summed E-state index contributed by atoms with van der Waals surface area (Å²) in [6.07, 6.45) is 6.94. The molecule has 1 atom stereocenters. The summed E-state index contributed by atoms with van der Waals surface area (Å²) in [4.78, 5) is 14.7. The van der Waals surface area contributed by atoms with Crippen LogP contribution in [0.3, 0.4) is 0 Å². The van der Waals surface area contributed by atoms with Crippen LogP contribution >= 0.6 is 15.9 Å². The largest absolute Gasteiger partial charge is 0.342 e. The third kappa shape index (κ3) is 2.15. The molecule has 1 aliphatic heterocycles. The molecule has 1 saturated heterocycles. The highest BCUT2D eigenvalue weighted by Gasteiger charge is 2.43. The van der Waals surface area contributed by atoms with Gasteiger partial charge in [0.1, 0.15) is 0 Å². The third-order valence-electron chi connectivity index (χ3n) is 4.48. The number of amides is 1. The van der Waals surface area contributed by atoms with Gasteiger partial charge in [-0.25, -0.2) is 0 Å². The average molecular weight is 288 g/mol. The van der Waals surface area contributed by atoms with Crippen LogP contribution in [0.1, 0.15) is 45.4 Å². The van der Waals surface area contributed by atoms with E-state index in [1.54, 1.807) is 0 Å². The van der Waals surface area contributed by atoms with Gasteiger partial charge in [-0.15, -0.1) is 0 Å². The first-order valence-electron chi connectivity index (χ1n) is 6.57. The van der Waals surface area contributed by atoms with Crippen molar-refractivity contribution in [3.8, 4) is 0 Å². The standard InChI is InChI=1S/C13H22BrNO/c1-2-13(6-3-4-7-13)12(16)15-8-5-11(9-14)10-15/h11H,2-10H2,1H3. The monoisotopic (exact) mass is 287 g/mol. The molecule has 0 spiro atoms. The smallest absolute Gasteiger partial charge is 0.228 e. The molecule has 16 heavy (non-hydrogen) atoms. The molecule has 0 aromatic carbocycles. The predicted molar refractivity (Wildman–Crippen MR) is 69.7 cm³/mol. The molecule has 0 N–H and O–H groups in total. The minimum atomic E-state index is 0.0151. The summed E-state index contributed by atoms with van der Waals surface area (Å²) in [5.41, 5.74) is 0.0151. The van der Waals surface area contributed by atoms with Gasteiger partial charge in [-0.05, 0) is 31.6 Å². The van der Waals surface area contributed by atoms with Crippen LogP contribution in [0.15, 0.2) is 0 Å². The van der Waals surface area contributed by atoms with Crippen molar-refractivity contribution in [3.63, 3.8) is 0 Å². The van der Waals surface area contributed by atoms with Gasteiger partial charge < -0.3 is 4.90 Å². The highest BCUT2D eigenvalue weighted by atomic mass is 79.9. The Kier molecular flexibility index (Phi) is 3.93. The Hall–Kier alpha value is -0.0500. The maximum atomic E-state index is 12.6. The topological polar surface area (TPSA) is 20.3 Å². The van der Waals surface area contributed by atoms with Crippen molar-refractivity contribution >= 4 is 21.8 Å². The van der Waals surface area contributed by atoms with Crippen molar-refractivity contribution in [2.24, 2.45) is 11.3 Å². The Labute approximate surface area is 107 Å². The molecule has 1 unspecified atom stereocenters. The zero-order valence-corrected chi connectivity index (χ0v) is 11.8. The molecule has 1 aliphatic carbocycles. The molecule has 0 aromatic heterocycles. The summed E-state index contributed by atoms with van der Waals surface area (Å²) < 4.78 is 0. The second kappa shape index (κ2) is 5.07. The second-order valence-corrected chi connectivity index (χ2v) is 6.05. The van der Waals surface area contributed by atoms with E-state index >= 15 is 0 Å². The fourth-order valence-corrected chi connectivity index (χ4v) is 3.78. The summed E-state index contributed by atoms with van der Waals surface area (Å²) in [6.45, 7) is 4.14. The number of carbonyl (C=O) groups excluding carboxylic acids is 1. The molecule has 1 amide bonds. The van der Waals surface area contributed by atoms with E-state index in [-0.39, 0.29) is 5.41 Å². The molecule has 2 nitrogen and oxygen atoms in total. The Morgan fingerprint density at radius 2 is 2.12 bits per heavy atom. The van der Waals surface area contributed by atoms with Gasteiger partial charge in [0.05, 0.1) is 0 Å². The summed E-state index contributed by atoms with van der Waals surface area (Å²) in [5, 5.41) is 1.04. The first-order valence-corrected chi connectivity index (χ1v) is 7.69. The minimum Gasteiger partial charge on any atom is -0.342 e. The molecule has 0 aromatic rings. The summed E-state index contributed by atoms with van der Waals surface area (Å²) in [7, 11) is 0. The van der Waals surface area contributed by atoms with Gasteiger partial charge in [0, 0.05) is 23.8 Å². The highest BCUT2D eigenvalue weighted by molar-refractivity contribution is 9.09. The minimum absolute atomic E-state index is 0.0151. The molecule has 0 radical (unpaired) electrons. The van der Waals surface area contributed by atoms with Crippen molar-refractivity contribution in [2.75, 3.05) is 18.4 Å². The van der Waals surface area contributed by atoms with Crippen LogP contribution in [0.5, 0.6) is 0 Å². The van der Waals surface area contributed by atoms with Crippen molar-refractivity contribution in [3.05, 3.63) is 0 Å². The molecule has 3 heteroatoms. The maximum Gasteiger partial charge on any atom is 0.228 e. The number of halogens is 1. The van der Waals surface area contributed by atoms with Crippen LogP contribution in [0, 0.1) is 11.3 Å². The van der Waals surface area contributed by atoms with Gasteiger partial charge in [0.2, 0.25) is 5.91 Å². The van der Waals surface area contributed by atoms with Gasteiger partial charge in [-0.3, -0.25) is 4.79 Å². The molecule has 1 heterocycles. The lowest BCUT2D eigenvalue weighted by molar-refractivity contribution is -0.141. The number of likely N-dealkylation sites (tertiary alicyclic amines) is 1. The molecule has 0 bridgehead atoms. The third-order valence-corrected chi connectivity index (χ3v) is 5.40. The fraction of sp³-hybridized carbons (Fsp3) is 0.923. The lowest BCUT2D eigenvalue weighted by Gasteiger charge is -2.31. The van der Waals surface area contributed by atoms with Crippen molar-refractivity contribution in [2.45, 2.75) is 45.4 Å². The van der Waals surface area contributed by atoms with Crippen LogP contribution in [0.25, 0.3) is 0 Å². The molecule has 2 rings (SSSR count). The van der Waals surface area contributed by atoms with Crippen LogP contribution in [-0.4, -0.2) is 29.2 Å². The van der Waals surface area contributed by atoms with Crippen LogP contribution in [-0.2, 0) is 4.79 Å². The molecule has 1 saturated carbocycles. The zero-order valence-electron chi connectivity index (χ0n) is 10.2. The maximum absolute atomic E-state index is 12.6. The van der Waals surface area contributed by atoms with Crippen molar-refractivity contribution in [1.29, 1.82) is 0 Å². The number of rotatable bonds is 3. The van der Waals surface area contributed by atoms with E-state index < -0.39 is 0 Å². The molecule has 92 valence electrons. The van der Waals surface area contributed by atoms with Crippen molar-refractivity contribution in [1.82, 2.24) is 4.90 Å². The highest BCUT2D eigenvalue weighted by Crippen LogP contribution is 2.43. The van der Waals surface area contributed by atoms with E-state index in [4.69, 9.17) is 0 Å². The number of hydrogen-bond acceptors (Lipinski definition) is 1. The number of nitrogens with zero attached hydrogens (tertiary/aromatic N) is 1. The summed E-state index contributed by atoms with van der Waals surface area (Å²) in [6, 6.07) is 0. The average Bonchev–Trinajstić information content (AvgIpc) is 2.98. The number of alkyl halides is 1. The van der Waals surface area contributed by atoms with Crippen LogP contribution < -0.4 is 0 Å². The van der Waals surface area contributed by atoms with Gasteiger partial charge in [0.15, 0.2) is 0 Å². The van der Waals surface area contributed by atoms with E-state index in [1.165, 1.54) is 19.3 Å². The fourth-order valence-electron chi connectivity index (χ4n) is 3.25. The van der Waals surface area contributed by atoms with E-state index in [9.17, 15) is 4.79 Å². The second-order valence-electron chi connectivity index (χ2n) is 5.40. The first kappa shape index (κ1) is 12.4. The van der Waals surface area contributed by atoms with Gasteiger partial charge in [0.25, 0.3) is 0 Å². The predicted octanol–water partition coefficient (Wildman–Crippen LogP) is 3.20. The lowest BCUT2D eigenvalue weighted by Crippen LogP contribution is -2.41. The Bertz CT molecular complexity index is 261. The first-order chi connectivity index (χ1) is 7.72. The summed E-state index contributed by atoms with van der Waals surface area (Å²) in [5.74, 6) is 1.13. The number of hydrogen-bond donors (Lipinski definition) is 0.